The molecule has 12 heavy (non-hydrogen) atoms. The second-order valence-corrected chi connectivity index (χ2v) is 4.53. The van der Waals surface area contributed by atoms with Crippen molar-refractivity contribution in [3.05, 3.63) is 46.3 Å². The van der Waals surface area contributed by atoms with Crippen molar-refractivity contribution < 1.29 is 4.79 Å². The van der Waals surface area contributed by atoms with Gasteiger partial charge in [-0.25, -0.2) is 0 Å². The molecule has 1 nitrogen and oxygen atoms in total. The molecular formula is C10H11AsO. The second kappa shape index (κ2) is 4.27. The summed E-state index contributed by atoms with van der Waals surface area (Å²) in [6.45, 7) is 1.95. The molecule has 2 heteroatoms. The number of carbonyl (C=O) groups is 1. The van der Waals surface area contributed by atoms with E-state index in [0.29, 0.717) is 0 Å². The van der Waals surface area contributed by atoms with E-state index < -0.39 is 0 Å². The third-order valence-corrected chi connectivity index (χ3v) is 1.77. The van der Waals surface area contributed by atoms with Gasteiger partial charge >= 0.3 is 80.7 Å². The molecule has 1 aromatic carbocycles. The molecule has 1 aromatic rings. The van der Waals surface area contributed by atoms with Crippen LogP contribution in [0.4, 0.5) is 0 Å². The summed E-state index contributed by atoms with van der Waals surface area (Å²) in [6, 6.07) is 9.31. The molecular weight excluding hydrogens is 211 g/mol. The van der Waals surface area contributed by atoms with Gasteiger partial charge in [0.2, 0.25) is 0 Å². The second-order valence-electron chi connectivity index (χ2n) is 2.62. The summed E-state index contributed by atoms with van der Waals surface area (Å²) in [7, 11) is 0. The molecule has 1 unspecified atom stereocenters. The zero-order chi connectivity index (χ0) is 8.97. The Kier molecular flexibility index (Phi) is 3.30. The summed E-state index contributed by atoms with van der Waals surface area (Å²) < 4.78 is 1.09. The van der Waals surface area contributed by atoms with Gasteiger partial charge in [-0.15, -0.1) is 0 Å². The monoisotopic (exact) mass is 222 g/mol. The summed E-state index contributed by atoms with van der Waals surface area (Å²) in [5.41, 5.74) is 0.759. The van der Waals surface area contributed by atoms with E-state index in [1.807, 2.05) is 37.3 Å². The molecule has 0 aliphatic carbocycles. The predicted octanol–water partition coefficient (Wildman–Crippen LogP) is 1.41. The molecule has 0 spiro atoms. The maximum atomic E-state index is 11.4. The standard InChI is InChI=1S/C10H11AsO/c1-8(11)7-10(12)9-5-3-2-4-6-9/h2-7H,11H2,1H3. The quantitative estimate of drug-likeness (QED) is 0.420. The zero-order valence-electron chi connectivity index (χ0n) is 6.95. The van der Waals surface area contributed by atoms with Crippen LogP contribution in [0.5, 0.6) is 0 Å². The molecule has 0 aliphatic heterocycles. The third kappa shape index (κ3) is 2.67. The minimum atomic E-state index is 0.0949. The fourth-order valence-corrected chi connectivity index (χ4v) is 1.21. The molecule has 0 saturated heterocycles. The van der Waals surface area contributed by atoms with E-state index in [4.69, 9.17) is 0 Å². The van der Waals surface area contributed by atoms with E-state index in [0.717, 1.165) is 9.92 Å². The normalized spacial score (nSPS) is 11.3. The first-order chi connectivity index (χ1) is 5.70. The molecule has 0 radical (unpaired) electrons. The Bertz CT molecular complexity index is 297. The zero-order valence-corrected chi connectivity index (χ0v) is 9.37. The Morgan fingerprint density at radius 3 is 2.42 bits per heavy atom. The molecule has 0 heterocycles. The molecule has 1 atom stereocenters. The van der Waals surface area contributed by atoms with Crippen molar-refractivity contribution in [2.75, 3.05) is 0 Å². The number of hydrogen-bond acceptors (Lipinski definition) is 1. The van der Waals surface area contributed by atoms with Gasteiger partial charge in [0.05, 0.1) is 0 Å². The summed E-state index contributed by atoms with van der Waals surface area (Å²) >= 11 is 1.49. The van der Waals surface area contributed by atoms with Gasteiger partial charge in [0.1, 0.15) is 0 Å². The van der Waals surface area contributed by atoms with Crippen LogP contribution < -0.4 is 0 Å². The summed E-state index contributed by atoms with van der Waals surface area (Å²) in [5, 5.41) is 0. The summed E-state index contributed by atoms with van der Waals surface area (Å²) in [5.74, 6) is 0.0949. The average Bonchev–Trinajstić information content (AvgIpc) is 2.05. The third-order valence-electron chi connectivity index (χ3n) is 1.42. The predicted molar refractivity (Wildman–Crippen MR) is 53.1 cm³/mol. The van der Waals surface area contributed by atoms with Gasteiger partial charge in [-0.05, 0) is 0 Å². The summed E-state index contributed by atoms with van der Waals surface area (Å²) in [6.07, 6.45) is 1.68. The van der Waals surface area contributed by atoms with E-state index >= 15 is 0 Å². The van der Waals surface area contributed by atoms with Gasteiger partial charge in [-0.1, -0.05) is 0 Å². The molecule has 62 valence electrons. The number of carbonyl (C=O) groups excluding carboxylic acids is 1. The first kappa shape index (κ1) is 9.28. The Hall–Kier alpha value is -0.812. The number of hydrogen-bond donors (Lipinski definition) is 0. The minimum absolute atomic E-state index is 0.0949. The van der Waals surface area contributed by atoms with E-state index in [2.05, 4.69) is 0 Å². The van der Waals surface area contributed by atoms with Crippen molar-refractivity contribution in [1.29, 1.82) is 0 Å². The molecule has 0 fully saturated rings. The number of ketones is 1. The van der Waals surface area contributed by atoms with E-state index in [-0.39, 0.29) is 5.78 Å². The van der Waals surface area contributed by atoms with Crippen LogP contribution in [-0.4, -0.2) is 22.6 Å². The van der Waals surface area contributed by atoms with Crippen LogP contribution in [0.2, 0.25) is 0 Å². The van der Waals surface area contributed by atoms with E-state index in [1.54, 1.807) is 6.08 Å². The summed E-state index contributed by atoms with van der Waals surface area (Å²) in [4.78, 5) is 11.4. The van der Waals surface area contributed by atoms with E-state index in [1.165, 1.54) is 16.9 Å². The van der Waals surface area contributed by atoms with Crippen LogP contribution in [-0.2, 0) is 0 Å². The Balaban J connectivity index is 2.87. The Morgan fingerprint density at radius 1 is 1.33 bits per heavy atom. The fraction of sp³-hybridized carbons (Fsp3) is 0.100. The van der Waals surface area contributed by atoms with Gasteiger partial charge in [0.25, 0.3) is 0 Å². The molecule has 0 bridgehead atoms. The van der Waals surface area contributed by atoms with Crippen molar-refractivity contribution in [3.8, 4) is 0 Å². The molecule has 0 aromatic heterocycles. The van der Waals surface area contributed by atoms with Crippen LogP contribution >= 0.6 is 0 Å². The van der Waals surface area contributed by atoms with Crippen LogP contribution in [0.25, 0.3) is 0 Å². The topological polar surface area (TPSA) is 17.1 Å². The van der Waals surface area contributed by atoms with Crippen molar-refractivity contribution in [1.82, 2.24) is 0 Å². The Labute approximate surface area is 81.0 Å². The van der Waals surface area contributed by atoms with E-state index in [9.17, 15) is 4.79 Å². The number of allylic oxidation sites excluding steroid dienone is 2. The Morgan fingerprint density at radius 2 is 1.92 bits per heavy atom. The van der Waals surface area contributed by atoms with Crippen LogP contribution in [0.1, 0.15) is 17.3 Å². The van der Waals surface area contributed by atoms with Gasteiger partial charge < -0.3 is 0 Å². The van der Waals surface area contributed by atoms with Crippen molar-refractivity contribution >= 4 is 22.6 Å². The van der Waals surface area contributed by atoms with Crippen LogP contribution in [0.3, 0.4) is 0 Å². The van der Waals surface area contributed by atoms with Gasteiger partial charge in [0, 0.05) is 0 Å². The molecule has 0 saturated carbocycles. The van der Waals surface area contributed by atoms with Gasteiger partial charge in [0.15, 0.2) is 0 Å². The molecule has 0 N–H and O–H groups in total. The van der Waals surface area contributed by atoms with Crippen LogP contribution in [0, 0.1) is 0 Å². The average molecular weight is 222 g/mol. The first-order valence-corrected chi connectivity index (χ1v) is 4.94. The number of rotatable bonds is 2. The van der Waals surface area contributed by atoms with Crippen molar-refractivity contribution in [3.63, 3.8) is 0 Å². The first-order valence-electron chi connectivity index (χ1n) is 3.73. The fourth-order valence-electron chi connectivity index (χ4n) is 0.893. The van der Waals surface area contributed by atoms with Crippen molar-refractivity contribution in [2.24, 2.45) is 0 Å². The molecule has 0 aliphatic rings. The van der Waals surface area contributed by atoms with Crippen LogP contribution in [0.15, 0.2) is 40.8 Å². The van der Waals surface area contributed by atoms with Gasteiger partial charge in [-0.2, -0.15) is 0 Å². The maximum absolute atomic E-state index is 11.4. The molecule has 0 amide bonds. The van der Waals surface area contributed by atoms with Gasteiger partial charge in [-0.3, -0.25) is 0 Å². The SMILES string of the molecule is CC([AsH2])=CC(=O)c1ccccc1. The number of benzene rings is 1. The molecule has 1 rings (SSSR count). The van der Waals surface area contributed by atoms with Crippen molar-refractivity contribution in [2.45, 2.75) is 6.92 Å².